The van der Waals surface area contributed by atoms with Crippen LogP contribution in [0, 0.1) is 0 Å². The minimum absolute atomic E-state index is 0.353. The minimum atomic E-state index is -1.32. The van der Waals surface area contributed by atoms with Crippen molar-refractivity contribution in [2.45, 2.75) is 6.10 Å². The van der Waals surface area contributed by atoms with E-state index < -0.39 is 12.0 Å². The molecule has 5 heteroatoms. The van der Waals surface area contributed by atoms with Crippen molar-refractivity contribution >= 4 is 34.8 Å². The van der Waals surface area contributed by atoms with Gasteiger partial charge in [0, 0.05) is 15.7 Å². The molecule has 0 spiro atoms. The zero-order valence-corrected chi connectivity index (χ0v) is 11.3. The Balaban J connectivity index is 2.15. The number of hydrogen-bond acceptors (Lipinski definition) is 2. The standard InChI is InChI=1S/C14H11Cl2NO2/c15-10-6-9(7-11(16)8-10)13(18)14(19)17-12-4-2-1-3-5-12/h1-8,13,18H,(H,17,19). The highest BCUT2D eigenvalue weighted by Gasteiger charge is 2.18. The highest BCUT2D eigenvalue weighted by molar-refractivity contribution is 6.34. The summed E-state index contributed by atoms with van der Waals surface area (Å²) in [4.78, 5) is 11.9. The Morgan fingerprint density at radius 2 is 1.63 bits per heavy atom. The maximum atomic E-state index is 11.9. The van der Waals surface area contributed by atoms with Gasteiger partial charge in [0.1, 0.15) is 0 Å². The first kappa shape index (κ1) is 13.9. The van der Waals surface area contributed by atoms with Crippen molar-refractivity contribution < 1.29 is 9.90 Å². The number of benzene rings is 2. The van der Waals surface area contributed by atoms with Crippen LogP contribution in [0.15, 0.2) is 48.5 Å². The molecule has 0 fully saturated rings. The molecule has 0 aliphatic carbocycles. The molecule has 1 amide bonds. The molecule has 0 saturated carbocycles. The number of aliphatic hydroxyl groups is 1. The van der Waals surface area contributed by atoms with Crippen molar-refractivity contribution in [2.24, 2.45) is 0 Å². The van der Waals surface area contributed by atoms with Gasteiger partial charge in [-0.25, -0.2) is 0 Å². The van der Waals surface area contributed by atoms with E-state index in [9.17, 15) is 9.90 Å². The average molecular weight is 296 g/mol. The zero-order valence-electron chi connectivity index (χ0n) is 9.81. The zero-order chi connectivity index (χ0) is 13.8. The van der Waals surface area contributed by atoms with E-state index in [1.807, 2.05) is 6.07 Å². The summed E-state index contributed by atoms with van der Waals surface area (Å²) in [6.07, 6.45) is -1.32. The minimum Gasteiger partial charge on any atom is -0.378 e. The third-order valence-corrected chi connectivity index (χ3v) is 2.93. The fourth-order valence-electron chi connectivity index (χ4n) is 1.62. The van der Waals surface area contributed by atoms with Gasteiger partial charge in [0.2, 0.25) is 0 Å². The summed E-state index contributed by atoms with van der Waals surface area (Å²) in [5, 5.41) is 13.3. The summed E-state index contributed by atoms with van der Waals surface area (Å²) < 4.78 is 0. The van der Waals surface area contributed by atoms with Gasteiger partial charge < -0.3 is 10.4 Å². The molecule has 0 aromatic heterocycles. The first-order chi connectivity index (χ1) is 9.06. The van der Waals surface area contributed by atoms with Crippen LogP contribution in [0.5, 0.6) is 0 Å². The number of nitrogens with one attached hydrogen (secondary N) is 1. The van der Waals surface area contributed by atoms with E-state index in [1.165, 1.54) is 18.2 Å². The Labute approximate surface area is 120 Å². The number of aliphatic hydroxyl groups excluding tert-OH is 1. The Bertz CT molecular complexity index is 567. The van der Waals surface area contributed by atoms with Crippen molar-refractivity contribution in [1.29, 1.82) is 0 Å². The molecule has 98 valence electrons. The Morgan fingerprint density at radius 1 is 1.05 bits per heavy atom. The smallest absolute Gasteiger partial charge is 0.257 e. The van der Waals surface area contributed by atoms with E-state index in [0.717, 1.165) is 0 Å². The number of halogens is 2. The monoisotopic (exact) mass is 295 g/mol. The molecule has 2 aromatic carbocycles. The highest BCUT2D eigenvalue weighted by Crippen LogP contribution is 2.24. The number of carbonyl (C=O) groups excluding carboxylic acids is 1. The van der Waals surface area contributed by atoms with Crippen LogP contribution >= 0.6 is 23.2 Å². The van der Waals surface area contributed by atoms with E-state index in [1.54, 1.807) is 24.3 Å². The van der Waals surface area contributed by atoms with Gasteiger partial charge in [-0.05, 0) is 35.9 Å². The van der Waals surface area contributed by atoms with Crippen molar-refractivity contribution in [3.8, 4) is 0 Å². The lowest BCUT2D eigenvalue weighted by molar-refractivity contribution is -0.124. The van der Waals surface area contributed by atoms with Gasteiger partial charge in [-0.1, -0.05) is 41.4 Å². The maximum Gasteiger partial charge on any atom is 0.257 e. The molecule has 2 aromatic rings. The van der Waals surface area contributed by atoms with Crippen molar-refractivity contribution in [1.82, 2.24) is 0 Å². The van der Waals surface area contributed by atoms with E-state index in [2.05, 4.69) is 5.32 Å². The van der Waals surface area contributed by atoms with Gasteiger partial charge in [0.15, 0.2) is 6.10 Å². The molecule has 0 aliphatic rings. The molecule has 2 rings (SSSR count). The molecular weight excluding hydrogens is 285 g/mol. The van der Waals surface area contributed by atoms with Crippen LogP contribution < -0.4 is 5.32 Å². The molecule has 0 radical (unpaired) electrons. The van der Waals surface area contributed by atoms with Crippen LogP contribution in [0.25, 0.3) is 0 Å². The molecule has 1 unspecified atom stereocenters. The van der Waals surface area contributed by atoms with E-state index in [-0.39, 0.29) is 0 Å². The van der Waals surface area contributed by atoms with Crippen LogP contribution in [-0.2, 0) is 4.79 Å². The van der Waals surface area contributed by atoms with Gasteiger partial charge in [-0.3, -0.25) is 4.79 Å². The van der Waals surface area contributed by atoms with Gasteiger partial charge in [-0.15, -0.1) is 0 Å². The second-order valence-corrected chi connectivity index (χ2v) is 4.83. The van der Waals surface area contributed by atoms with Crippen LogP contribution in [0.3, 0.4) is 0 Å². The van der Waals surface area contributed by atoms with E-state index in [0.29, 0.717) is 21.3 Å². The molecule has 19 heavy (non-hydrogen) atoms. The molecule has 1 atom stereocenters. The average Bonchev–Trinajstić information content (AvgIpc) is 2.37. The summed E-state index contributed by atoms with van der Waals surface area (Å²) in [6.45, 7) is 0. The predicted octanol–water partition coefficient (Wildman–Crippen LogP) is 3.67. The first-order valence-electron chi connectivity index (χ1n) is 5.56. The van der Waals surface area contributed by atoms with Crippen molar-refractivity contribution in [3.63, 3.8) is 0 Å². The SMILES string of the molecule is O=C(Nc1ccccc1)C(O)c1cc(Cl)cc(Cl)c1. The molecule has 0 aliphatic heterocycles. The summed E-state index contributed by atoms with van der Waals surface area (Å²) in [5.41, 5.74) is 0.964. The predicted molar refractivity (Wildman–Crippen MR) is 76.5 cm³/mol. The normalized spacial score (nSPS) is 11.9. The summed E-state index contributed by atoms with van der Waals surface area (Å²) in [5.74, 6) is -0.537. The number of para-hydroxylation sites is 1. The lowest BCUT2D eigenvalue weighted by Crippen LogP contribution is -2.20. The first-order valence-corrected chi connectivity index (χ1v) is 6.32. The Morgan fingerprint density at radius 3 is 2.21 bits per heavy atom. The summed E-state index contributed by atoms with van der Waals surface area (Å²) in [7, 11) is 0. The fourth-order valence-corrected chi connectivity index (χ4v) is 2.16. The molecular formula is C14H11Cl2NO2. The van der Waals surface area contributed by atoms with E-state index in [4.69, 9.17) is 23.2 Å². The quantitative estimate of drug-likeness (QED) is 0.908. The van der Waals surface area contributed by atoms with Crippen molar-refractivity contribution in [2.75, 3.05) is 5.32 Å². The Kier molecular flexibility index (Phi) is 4.43. The maximum absolute atomic E-state index is 11.9. The second kappa shape index (κ2) is 6.06. The lowest BCUT2D eigenvalue weighted by Gasteiger charge is -2.12. The van der Waals surface area contributed by atoms with Gasteiger partial charge in [0.05, 0.1) is 0 Å². The molecule has 0 heterocycles. The molecule has 0 bridgehead atoms. The number of carbonyl (C=O) groups is 1. The topological polar surface area (TPSA) is 49.3 Å². The summed E-state index contributed by atoms with van der Waals surface area (Å²) >= 11 is 11.7. The fraction of sp³-hybridized carbons (Fsp3) is 0.0714. The Hall–Kier alpha value is -1.55. The third-order valence-electron chi connectivity index (χ3n) is 2.49. The van der Waals surface area contributed by atoms with Crippen LogP contribution in [0.1, 0.15) is 11.7 Å². The second-order valence-electron chi connectivity index (χ2n) is 3.96. The van der Waals surface area contributed by atoms with Crippen LogP contribution in [0.4, 0.5) is 5.69 Å². The van der Waals surface area contributed by atoms with Crippen LogP contribution in [-0.4, -0.2) is 11.0 Å². The van der Waals surface area contributed by atoms with Gasteiger partial charge in [-0.2, -0.15) is 0 Å². The number of hydrogen-bond donors (Lipinski definition) is 2. The largest absolute Gasteiger partial charge is 0.378 e. The summed E-state index contributed by atoms with van der Waals surface area (Å²) in [6, 6.07) is 13.4. The van der Waals surface area contributed by atoms with Gasteiger partial charge in [0.25, 0.3) is 5.91 Å². The van der Waals surface area contributed by atoms with Gasteiger partial charge >= 0.3 is 0 Å². The number of amides is 1. The third kappa shape index (κ3) is 3.70. The van der Waals surface area contributed by atoms with Crippen LogP contribution in [0.2, 0.25) is 10.0 Å². The lowest BCUT2D eigenvalue weighted by atomic mass is 10.1. The highest BCUT2D eigenvalue weighted by atomic mass is 35.5. The van der Waals surface area contributed by atoms with E-state index >= 15 is 0 Å². The number of rotatable bonds is 3. The van der Waals surface area contributed by atoms with Crippen molar-refractivity contribution in [3.05, 3.63) is 64.1 Å². The molecule has 0 saturated heterocycles. The number of anilines is 1. The molecule has 3 nitrogen and oxygen atoms in total. The molecule has 2 N–H and O–H groups in total.